The molecule has 4 aromatic rings. The van der Waals surface area contributed by atoms with Gasteiger partial charge in [0, 0.05) is 18.0 Å². The summed E-state index contributed by atoms with van der Waals surface area (Å²) in [5, 5.41) is 6.92. The van der Waals surface area contributed by atoms with Crippen LogP contribution >= 0.6 is 22.7 Å². The Morgan fingerprint density at radius 3 is 2.81 bits per heavy atom. The summed E-state index contributed by atoms with van der Waals surface area (Å²) in [6.45, 7) is 2.43. The van der Waals surface area contributed by atoms with E-state index in [1.54, 1.807) is 29.8 Å². The Balaban J connectivity index is 1.42. The fourth-order valence-electron chi connectivity index (χ4n) is 2.84. The monoisotopic (exact) mass is 398 g/mol. The van der Waals surface area contributed by atoms with Crippen LogP contribution in [0.4, 0.5) is 0 Å². The van der Waals surface area contributed by atoms with E-state index in [9.17, 15) is 4.79 Å². The van der Waals surface area contributed by atoms with E-state index in [2.05, 4.69) is 10.3 Å². The lowest BCUT2D eigenvalue weighted by Gasteiger charge is -2.09. The molecule has 138 valence electrons. The number of benzene rings is 2. The first kappa shape index (κ1) is 17.8. The van der Waals surface area contributed by atoms with Crippen molar-refractivity contribution in [1.82, 2.24) is 10.3 Å². The number of hydrogen-bond donors (Lipinski definition) is 1. The molecule has 5 nitrogen and oxygen atoms in total. The number of aromatic nitrogens is 1. The van der Waals surface area contributed by atoms with Gasteiger partial charge in [-0.3, -0.25) is 4.79 Å². The van der Waals surface area contributed by atoms with E-state index in [0.29, 0.717) is 6.54 Å². The third kappa shape index (κ3) is 3.74. The maximum absolute atomic E-state index is 12.2. The molecular formula is C20H18N2O3S2. The summed E-state index contributed by atoms with van der Waals surface area (Å²) < 4.78 is 13.1. The first-order chi connectivity index (χ1) is 13.1. The van der Waals surface area contributed by atoms with Crippen LogP contribution in [0.3, 0.4) is 0 Å². The number of rotatable bonds is 6. The molecule has 0 fully saturated rings. The highest BCUT2D eigenvalue weighted by Crippen LogP contribution is 2.38. The fraction of sp³-hybridized carbons (Fsp3) is 0.200. The molecule has 0 bridgehead atoms. The molecule has 2 aromatic carbocycles. The van der Waals surface area contributed by atoms with Crippen molar-refractivity contribution >= 4 is 48.9 Å². The van der Waals surface area contributed by atoms with E-state index < -0.39 is 0 Å². The Bertz CT molecular complexity index is 1100. The standard InChI is InChI=1S/C20H18N2O3S2/c1-12-22-19-17(27-12)9-16(15-7-8-26-20(15)19)25-11-18(23)21-10-13-3-5-14(24-2)6-4-13/h3-9H,10-11H2,1-2H3,(H,21,23). The lowest BCUT2D eigenvalue weighted by Crippen LogP contribution is -2.28. The number of ether oxygens (including phenoxy) is 2. The third-order valence-corrected chi connectivity index (χ3v) is 6.01. The van der Waals surface area contributed by atoms with Gasteiger partial charge >= 0.3 is 0 Å². The Kier molecular flexibility index (Phi) is 4.96. The molecule has 0 aliphatic rings. The van der Waals surface area contributed by atoms with Crippen molar-refractivity contribution in [2.75, 3.05) is 13.7 Å². The number of thiophene rings is 1. The zero-order valence-corrected chi connectivity index (χ0v) is 16.6. The van der Waals surface area contributed by atoms with Crippen molar-refractivity contribution in [1.29, 1.82) is 0 Å². The van der Waals surface area contributed by atoms with Crippen LogP contribution in [0.25, 0.3) is 20.3 Å². The molecular weight excluding hydrogens is 380 g/mol. The number of methoxy groups -OCH3 is 1. The van der Waals surface area contributed by atoms with Crippen molar-refractivity contribution in [3.63, 3.8) is 0 Å². The predicted molar refractivity (Wildman–Crippen MR) is 110 cm³/mol. The second kappa shape index (κ2) is 7.54. The van der Waals surface area contributed by atoms with Crippen LogP contribution < -0.4 is 14.8 Å². The van der Waals surface area contributed by atoms with Gasteiger partial charge in [0.2, 0.25) is 0 Å². The number of carbonyl (C=O) groups excluding carboxylic acids is 1. The zero-order valence-electron chi connectivity index (χ0n) is 14.9. The zero-order chi connectivity index (χ0) is 18.8. The minimum atomic E-state index is -0.158. The third-order valence-electron chi connectivity index (χ3n) is 4.18. The van der Waals surface area contributed by atoms with Gasteiger partial charge in [0.05, 0.1) is 27.0 Å². The van der Waals surface area contributed by atoms with Crippen molar-refractivity contribution < 1.29 is 14.3 Å². The van der Waals surface area contributed by atoms with Gasteiger partial charge in [-0.1, -0.05) is 12.1 Å². The molecule has 1 N–H and O–H groups in total. The molecule has 0 radical (unpaired) electrons. The molecule has 4 rings (SSSR count). The van der Waals surface area contributed by atoms with E-state index in [-0.39, 0.29) is 12.5 Å². The normalized spacial score (nSPS) is 11.0. The molecule has 0 aliphatic carbocycles. The van der Waals surface area contributed by atoms with E-state index in [1.807, 2.05) is 48.7 Å². The number of aryl methyl sites for hydroxylation is 1. The van der Waals surface area contributed by atoms with Gasteiger partial charge in [0.1, 0.15) is 11.5 Å². The molecule has 27 heavy (non-hydrogen) atoms. The van der Waals surface area contributed by atoms with Crippen LogP contribution in [0.5, 0.6) is 11.5 Å². The topological polar surface area (TPSA) is 60.5 Å². The Hall–Kier alpha value is -2.64. The first-order valence-electron chi connectivity index (χ1n) is 8.44. The minimum absolute atomic E-state index is 0.0234. The van der Waals surface area contributed by atoms with E-state index in [4.69, 9.17) is 9.47 Å². The highest BCUT2D eigenvalue weighted by Gasteiger charge is 2.13. The largest absolute Gasteiger partial charge is 0.497 e. The molecule has 0 spiro atoms. The number of nitrogens with one attached hydrogen (secondary N) is 1. The maximum Gasteiger partial charge on any atom is 0.258 e. The Morgan fingerprint density at radius 2 is 2.04 bits per heavy atom. The molecule has 0 atom stereocenters. The molecule has 0 aliphatic heterocycles. The molecule has 0 saturated carbocycles. The summed E-state index contributed by atoms with van der Waals surface area (Å²) >= 11 is 3.28. The average molecular weight is 399 g/mol. The van der Waals surface area contributed by atoms with Gasteiger partial charge in [-0.15, -0.1) is 22.7 Å². The van der Waals surface area contributed by atoms with Crippen molar-refractivity contribution in [2.45, 2.75) is 13.5 Å². The summed E-state index contributed by atoms with van der Waals surface area (Å²) in [4.78, 5) is 16.8. The summed E-state index contributed by atoms with van der Waals surface area (Å²) in [5.41, 5.74) is 2.02. The van der Waals surface area contributed by atoms with E-state index >= 15 is 0 Å². The van der Waals surface area contributed by atoms with Crippen LogP contribution in [0.15, 0.2) is 41.8 Å². The molecule has 1 amide bonds. The molecule has 2 aromatic heterocycles. The number of nitrogens with zero attached hydrogens (tertiary/aromatic N) is 1. The average Bonchev–Trinajstić information content (AvgIpc) is 3.30. The van der Waals surface area contributed by atoms with Crippen LogP contribution in [0.2, 0.25) is 0 Å². The molecule has 2 heterocycles. The number of fused-ring (bicyclic) bond motifs is 3. The Labute approximate surface area is 164 Å². The second-order valence-electron chi connectivity index (χ2n) is 6.03. The van der Waals surface area contributed by atoms with Crippen LogP contribution in [-0.4, -0.2) is 24.6 Å². The summed E-state index contributed by atoms with van der Waals surface area (Å²) in [5.74, 6) is 1.36. The van der Waals surface area contributed by atoms with E-state index in [1.165, 1.54) is 0 Å². The van der Waals surface area contributed by atoms with Gasteiger partial charge in [-0.25, -0.2) is 4.98 Å². The van der Waals surface area contributed by atoms with Crippen LogP contribution in [-0.2, 0) is 11.3 Å². The first-order valence-corrected chi connectivity index (χ1v) is 10.1. The van der Waals surface area contributed by atoms with Gasteiger partial charge in [0.25, 0.3) is 5.91 Å². The summed E-state index contributed by atoms with van der Waals surface area (Å²) in [6.07, 6.45) is 0. The number of carbonyl (C=O) groups is 1. The van der Waals surface area contributed by atoms with Gasteiger partial charge in [0.15, 0.2) is 6.61 Å². The quantitative estimate of drug-likeness (QED) is 0.519. The lowest BCUT2D eigenvalue weighted by atomic mass is 10.2. The minimum Gasteiger partial charge on any atom is -0.497 e. The highest BCUT2D eigenvalue weighted by molar-refractivity contribution is 7.21. The number of amides is 1. The molecule has 0 saturated heterocycles. The van der Waals surface area contributed by atoms with Crippen LogP contribution in [0, 0.1) is 6.92 Å². The van der Waals surface area contributed by atoms with Crippen molar-refractivity contribution in [3.05, 3.63) is 52.3 Å². The number of thiazole rings is 1. The fourth-order valence-corrected chi connectivity index (χ4v) is 4.68. The number of hydrogen-bond acceptors (Lipinski definition) is 6. The smallest absolute Gasteiger partial charge is 0.258 e. The van der Waals surface area contributed by atoms with Gasteiger partial charge < -0.3 is 14.8 Å². The van der Waals surface area contributed by atoms with Crippen LogP contribution in [0.1, 0.15) is 10.6 Å². The van der Waals surface area contributed by atoms with Gasteiger partial charge in [-0.2, -0.15) is 0 Å². The van der Waals surface area contributed by atoms with Crippen molar-refractivity contribution in [3.8, 4) is 11.5 Å². The SMILES string of the molecule is COc1ccc(CNC(=O)COc2cc3sc(C)nc3c3sccc23)cc1. The Morgan fingerprint density at radius 1 is 1.22 bits per heavy atom. The predicted octanol–water partition coefficient (Wildman–Crippen LogP) is 4.52. The lowest BCUT2D eigenvalue weighted by molar-refractivity contribution is -0.123. The molecule has 0 unspecified atom stereocenters. The highest BCUT2D eigenvalue weighted by atomic mass is 32.1. The van der Waals surface area contributed by atoms with Crippen molar-refractivity contribution in [2.24, 2.45) is 0 Å². The summed E-state index contributed by atoms with van der Waals surface area (Å²) in [7, 11) is 1.63. The molecule has 7 heteroatoms. The van der Waals surface area contributed by atoms with E-state index in [0.717, 1.165) is 42.4 Å². The maximum atomic E-state index is 12.2. The summed E-state index contributed by atoms with van der Waals surface area (Å²) in [6, 6.07) is 11.6. The van der Waals surface area contributed by atoms with Gasteiger partial charge in [-0.05, 0) is 36.1 Å². The second-order valence-corrected chi connectivity index (χ2v) is 8.18.